The van der Waals surface area contributed by atoms with Crippen molar-refractivity contribution in [3.05, 3.63) is 63.2 Å². The van der Waals surface area contributed by atoms with Crippen molar-refractivity contribution in [2.24, 2.45) is 0 Å². The number of rotatable bonds is 3. The maximum absolute atomic E-state index is 12.6. The van der Waals surface area contributed by atoms with Gasteiger partial charge in [0.25, 0.3) is 11.8 Å². The van der Waals surface area contributed by atoms with Crippen molar-refractivity contribution in [3.8, 4) is 0 Å². The minimum absolute atomic E-state index is 0.0809. The van der Waals surface area contributed by atoms with Gasteiger partial charge in [-0.2, -0.15) is 0 Å². The van der Waals surface area contributed by atoms with E-state index in [9.17, 15) is 9.59 Å². The summed E-state index contributed by atoms with van der Waals surface area (Å²) in [5.74, 6) is -0.0671. The number of halogens is 1. The van der Waals surface area contributed by atoms with Crippen LogP contribution in [0.25, 0.3) is 0 Å². The summed E-state index contributed by atoms with van der Waals surface area (Å²) in [5.41, 5.74) is 1.99. The number of nitrogens with one attached hydrogen (secondary N) is 1. The van der Waals surface area contributed by atoms with Crippen LogP contribution in [0.3, 0.4) is 0 Å². The summed E-state index contributed by atoms with van der Waals surface area (Å²) in [7, 11) is 0. The van der Waals surface area contributed by atoms with E-state index in [2.05, 4.69) is 27.9 Å². The molecule has 0 spiro atoms. The molecule has 0 aromatic heterocycles. The van der Waals surface area contributed by atoms with E-state index in [1.807, 2.05) is 23.1 Å². The smallest absolute Gasteiger partial charge is 0.255 e. The Bertz CT molecular complexity index is 751. The Hall–Kier alpha value is -1.89. The van der Waals surface area contributed by atoms with Gasteiger partial charge in [-0.15, -0.1) is 0 Å². The maximum atomic E-state index is 12.6. The average Bonchev–Trinajstić information content (AvgIpc) is 2.91. The largest absolute Gasteiger partial charge is 0.339 e. The number of carbonyl (C=O) groups excluding carboxylic acids is 2. The molecule has 0 atom stereocenters. The van der Waals surface area contributed by atoms with Crippen LogP contribution in [-0.4, -0.2) is 29.8 Å². The Morgan fingerprint density at radius 3 is 2.20 bits per heavy atom. The Morgan fingerprint density at radius 2 is 1.56 bits per heavy atom. The van der Waals surface area contributed by atoms with Crippen molar-refractivity contribution in [2.45, 2.75) is 25.7 Å². The molecule has 130 valence electrons. The van der Waals surface area contributed by atoms with E-state index in [0.717, 1.165) is 29.5 Å². The third-order valence-electron chi connectivity index (χ3n) is 4.37. The molecule has 1 N–H and O–H groups in total. The van der Waals surface area contributed by atoms with E-state index >= 15 is 0 Å². The third kappa shape index (κ3) is 4.81. The highest BCUT2D eigenvalue weighted by atomic mass is 127. The molecule has 1 aliphatic heterocycles. The average molecular weight is 448 g/mol. The van der Waals surface area contributed by atoms with Gasteiger partial charge in [0.05, 0.1) is 0 Å². The fourth-order valence-corrected chi connectivity index (χ4v) is 3.53. The van der Waals surface area contributed by atoms with Crippen LogP contribution in [0, 0.1) is 3.57 Å². The number of likely N-dealkylation sites (tertiary alicyclic amines) is 1. The van der Waals surface area contributed by atoms with Crippen molar-refractivity contribution >= 4 is 40.1 Å². The van der Waals surface area contributed by atoms with Crippen molar-refractivity contribution in [2.75, 3.05) is 18.4 Å². The highest BCUT2D eigenvalue weighted by Gasteiger charge is 2.17. The molecule has 0 unspecified atom stereocenters. The minimum Gasteiger partial charge on any atom is -0.339 e. The first kappa shape index (κ1) is 17.9. The molecule has 25 heavy (non-hydrogen) atoms. The molecule has 1 heterocycles. The van der Waals surface area contributed by atoms with Crippen LogP contribution in [0.5, 0.6) is 0 Å². The van der Waals surface area contributed by atoms with Gasteiger partial charge in [-0.05, 0) is 77.9 Å². The van der Waals surface area contributed by atoms with Gasteiger partial charge in [-0.1, -0.05) is 18.9 Å². The quantitative estimate of drug-likeness (QED) is 0.701. The monoisotopic (exact) mass is 448 g/mol. The lowest BCUT2D eigenvalue weighted by atomic mass is 10.1. The molecular formula is C20H21IN2O2. The van der Waals surface area contributed by atoms with Crippen LogP contribution in [0.15, 0.2) is 48.5 Å². The first-order valence-electron chi connectivity index (χ1n) is 8.60. The molecule has 2 amide bonds. The van der Waals surface area contributed by atoms with Gasteiger partial charge in [0, 0.05) is 33.5 Å². The SMILES string of the molecule is O=C(Nc1ccc(C(=O)N2CCCCCC2)cc1)c1cccc(I)c1. The predicted molar refractivity (Wildman–Crippen MR) is 108 cm³/mol. The summed E-state index contributed by atoms with van der Waals surface area (Å²) in [5, 5.41) is 2.87. The van der Waals surface area contributed by atoms with Crippen molar-refractivity contribution in [1.29, 1.82) is 0 Å². The van der Waals surface area contributed by atoms with E-state index in [1.165, 1.54) is 12.8 Å². The van der Waals surface area contributed by atoms with Crippen molar-refractivity contribution < 1.29 is 9.59 Å². The lowest BCUT2D eigenvalue weighted by molar-refractivity contribution is 0.0761. The van der Waals surface area contributed by atoms with Gasteiger partial charge < -0.3 is 10.2 Å². The Balaban J connectivity index is 1.65. The number of carbonyl (C=O) groups is 2. The minimum atomic E-state index is -0.148. The van der Waals surface area contributed by atoms with Crippen molar-refractivity contribution in [3.63, 3.8) is 0 Å². The van der Waals surface area contributed by atoms with E-state index < -0.39 is 0 Å². The van der Waals surface area contributed by atoms with Gasteiger partial charge in [-0.3, -0.25) is 9.59 Å². The number of hydrogen-bond acceptors (Lipinski definition) is 2. The third-order valence-corrected chi connectivity index (χ3v) is 5.04. The number of benzene rings is 2. The normalized spacial score (nSPS) is 14.7. The van der Waals surface area contributed by atoms with Crippen LogP contribution in [-0.2, 0) is 0 Å². The highest BCUT2D eigenvalue weighted by Crippen LogP contribution is 2.16. The summed E-state index contributed by atoms with van der Waals surface area (Å²) in [6, 6.07) is 14.6. The van der Waals surface area contributed by atoms with E-state index in [4.69, 9.17) is 0 Å². The molecule has 5 heteroatoms. The fourth-order valence-electron chi connectivity index (χ4n) is 2.99. The highest BCUT2D eigenvalue weighted by molar-refractivity contribution is 14.1. The maximum Gasteiger partial charge on any atom is 0.255 e. The molecule has 1 aliphatic rings. The van der Waals surface area contributed by atoms with E-state index in [1.54, 1.807) is 30.3 Å². The zero-order chi connectivity index (χ0) is 17.6. The molecule has 2 aromatic carbocycles. The second kappa shape index (κ2) is 8.47. The van der Waals surface area contributed by atoms with Gasteiger partial charge in [0.2, 0.25) is 0 Å². The summed E-state index contributed by atoms with van der Waals surface area (Å²) >= 11 is 2.18. The number of anilines is 1. The van der Waals surface area contributed by atoms with E-state index in [-0.39, 0.29) is 11.8 Å². The number of nitrogens with zero attached hydrogens (tertiary/aromatic N) is 1. The van der Waals surface area contributed by atoms with Crippen molar-refractivity contribution in [1.82, 2.24) is 4.90 Å². The Kier molecular flexibility index (Phi) is 6.07. The lowest BCUT2D eigenvalue weighted by Crippen LogP contribution is -2.31. The molecule has 4 nitrogen and oxygen atoms in total. The zero-order valence-electron chi connectivity index (χ0n) is 14.0. The van der Waals surface area contributed by atoms with E-state index in [0.29, 0.717) is 16.8 Å². The van der Waals surface area contributed by atoms with Gasteiger partial charge >= 0.3 is 0 Å². The molecule has 2 aromatic rings. The van der Waals surface area contributed by atoms with Crippen LogP contribution >= 0.6 is 22.6 Å². The summed E-state index contributed by atoms with van der Waals surface area (Å²) in [4.78, 5) is 26.8. The van der Waals surface area contributed by atoms with Gasteiger partial charge in [0.1, 0.15) is 0 Å². The first-order chi connectivity index (χ1) is 12.1. The fraction of sp³-hybridized carbons (Fsp3) is 0.300. The molecule has 1 saturated heterocycles. The second-order valence-corrected chi connectivity index (χ2v) is 7.49. The second-order valence-electron chi connectivity index (χ2n) is 6.25. The van der Waals surface area contributed by atoms with Crippen LogP contribution in [0.2, 0.25) is 0 Å². The molecule has 0 radical (unpaired) electrons. The first-order valence-corrected chi connectivity index (χ1v) is 9.67. The topological polar surface area (TPSA) is 49.4 Å². The Morgan fingerprint density at radius 1 is 0.880 bits per heavy atom. The van der Waals surface area contributed by atoms with Crippen LogP contribution in [0.1, 0.15) is 46.4 Å². The molecule has 3 rings (SSSR count). The van der Waals surface area contributed by atoms with Crippen LogP contribution in [0.4, 0.5) is 5.69 Å². The number of amides is 2. The molecule has 0 aliphatic carbocycles. The summed E-state index contributed by atoms with van der Waals surface area (Å²) in [6.07, 6.45) is 4.56. The zero-order valence-corrected chi connectivity index (χ0v) is 16.2. The number of hydrogen-bond donors (Lipinski definition) is 1. The Labute approximate surface area is 161 Å². The molecule has 1 fully saturated rings. The standard InChI is InChI=1S/C20H21IN2O2/c21-17-7-5-6-16(14-17)19(24)22-18-10-8-15(9-11-18)20(25)23-12-3-1-2-4-13-23/h5-11,14H,1-4,12-13H2,(H,22,24). The van der Waals surface area contributed by atoms with Crippen LogP contribution < -0.4 is 5.32 Å². The molecule has 0 saturated carbocycles. The molecular weight excluding hydrogens is 427 g/mol. The molecule has 0 bridgehead atoms. The van der Waals surface area contributed by atoms with Gasteiger partial charge in [-0.25, -0.2) is 0 Å². The predicted octanol–water partition coefficient (Wildman–Crippen LogP) is 4.56. The lowest BCUT2D eigenvalue weighted by Gasteiger charge is -2.20. The summed E-state index contributed by atoms with van der Waals surface area (Å²) < 4.78 is 1.02. The summed E-state index contributed by atoms with van der Waals surface area (Å²) in [6.45, 7) is 1.67. The van der Waals surface area contributed by atoms with Gasteiger partial charge in [0.15, 0.2) is 0 Å².